The maximum absolute atomic E-state index is 12.8. The van der Waals surface area contributed by atoms with E-state index in [1.807, 2.05) is 44.9 Å². The van der Waals surface area contributed by atoms with Crippen molar-refractivity contribution in [3.8, 4) is 0 Å². The largest absolute Gasteiger partial charge is 0.355 e. The fraction of sp³-hybridized carbons (Fsp3) is 0.412. The van der Waals surface area contributed by atoms with Crippen LogP contribution in [0.2, 0.25) is 4.34 Å². The lowest BCUT2D eigenvalue weighted by atomic mass is 10.0. The van der Waals surface area contributed by atoms with Crippen LogP contribution in [0.1, 0.15) is 50.8 Å². The summed E-state index contributed by atoms with van der Waals surface area (Å²) in [4.78, 5) is 30.7. The molecule has 2 aromatic rings. The number of hydrogen-bond donors (Lipinski definition) is 1. The molecule has 0 aliphatic carbocycles. The predicted molar refractivity (Wildman–Crippen MR) is 94.9 cm³/mol. The molecule has 2 aromatic heterocycles. The highest BCUT2D eigenvalue weighted by atomic mass is 35.5. The van der Waals surface area contributed by atoms with Gasteiger partial charge in [0.1, 0.15) is 0 Å². The minimum Gasteiger partial charge on any atom is -0.355 e. The van der Waals surface area contributed by atoms with Gasteiger partial charge in [0, 0.05) is 22.7 Å². The normalized spacial score (nSPS) is 12.7. The molecule has 0 amide bonds. The molecule has 0 saturated carbocycles. The van der Waals surface area contributed by atoms with Gasteiger partial charge in [-0.25, -0.2) is 0 Å². The predicted octanol–water partition coefficient (Wildman–Crippen LogP) is 4.25. The van der Waals surface area contributed by atoms with E-state index in [2.05, 4.69) is 4.98 Å². The molecule has 0 aromatic carbocycles. The standard InChI is InChI=1S/C17H21ClN2O2S/c1-9-15(12(4)21)10(2)19-16(9)17(22)11(3)20(5)8-13-6-7-14(18)23-13/h6-7,11,19H,8H2,1-5H3/t11-/m1/s1. The second kappa shape index (κ2) is 6.99. The Morgan fingerprint density at radius 2 is 2.00 bits per heavy atom. The van der Waals surface area contributed by atoms with Crippen molar-refractivity contribution in [2.24, 2.45) is 0 Å². The summed E-state index contributed by atoms with van der Waals surface area (Å²) in [7, 11) is 1.91. The van der Waals surface area contributed by atoms with Gasteiger partial charge in [-0.1, -0.05) is 11.6 Å². The van der Waals surface area contributed by atoms with Gasteiger partial charge in [0.15, 0.2) is 11.6 Å². The van der Waals surface area contributed by atoms with Crippen LogP contribution in [0, 0.1) is 13.8 Å². The summed E-state index contributed by atoms with van der Waals surface area (Å²) in [5.74, 6) is -0.0345. The monoisotopic (exact) mass is 352 g/mol. The number of aromatic amines is 1. The Bertz CT molecular complexity index is 748. The Balaban J connectivity index is 2.19. The van der Waals surface area contributed by atoms with Gasteiger partial charge in [-0.15, -0.1) is 11.3 Å². The molecule has 1 N–H and O–H groups in total. The van der Waals surface area contributed by atoms with E-state index in [1.54, 1.807) is 0 Å². The van der Waals surface area contributed by atoms with Crippen LogP contribution in [0.5, 0.6) is 0 Å². The van der Waals surface area contributed by atoms with E-state index in [1.165, 1.54) is 18.3 Å². The second-order valence-electron chi connectivity index (χ2n) is 5.84. The summed E-state index contributed by atoms with van der Waals surface area (Å²) in [6.07, 6.45) is 0. The molecule has 0 radical (unpaired) electrons. The maximum Gasteiger partial charge on any atom is 0.196 e. The number of rotatable bonds is 6. The van der Waals surface area contributed by atoms with E-state index in [0.717, 1.165) is 20.5 Å². The van der Waals surface area contributed by atoms with Gasteiger partial charge in [0.25, 0.3) is 0 Å². The highest BCUT2D eigenvalue weighted by Crippen LogP contribution is 2.24. The molecule has 0 spiro atoms. The smallest absolute Gasteiger partial charge is 0.196 e. The molecule has 0 aliphatic rings. The van der Waals surface area contributed by atoms with E-state index >= 15 is 0 Å². The van der Waals surface area contributed by atoms with Gasteiger partial charge in [0.2, 0.25) is 0 Å². The number of carbonyl (C=O) groups excluding carboxylic acids is 2. The Morgan fingerprint density at radius 1 is 1.35 bits per heavy atom. The van der Waals surface area contributed by atoms with Crippen LogP contribution >= 0.6 is 22.9 Å². The summed E-state index contributed by atoms with van der Waals surface area (Å²) in [5, 5.41) is 0. The fourth-order valence-electron chi connectivity index (χ4n) is 2.75. The highest BCUT2D eigenvalue weighted by molar-refractivity contribution is 7.16. The number of carbonyl (C=O) groups is 2. The number of halogens is 1. The molecular formula is C17H21ClN2O2S. The third-order valence-corrected chi connectivity index (χ3v) is 5.33. The number of likely N-dealkylation sites (N-methyl/N-ethyl adjacent to an activating group) is 1. The first-order valence-electron chi connectivity index (χ1n) is 7.41. The van der Waals surface area contributed by atoms with Crippen LogP contribution in [0.4, 0.5) is 0 Å². The number of thiophene rings is 1. The third kappa shape index (κ3) is 3.74. The molecule has 23 heavy (non-hydrogen) atoms. The summed E-state index contributed by atoms with van der Waals surface area (Å²) < 4.78 is 0.745. The molecule has 4 nitrogen and oxygen atoms in total. The van der Waals surface area contributed by atoms with E-state index in [0.29, 0.717) is 17.8 Å². The quantitative estimate of drug-likeness (QED) is 0.790. The second-order valence-corrected chi connectivity index (χ2v) is 7.64. The van der Waals surface area contributed by atoms with E-state index < -0.39 is 0 Å². The van der Waals surface area contributed by atoms with Crippen LogP contribution in [0.15, 0.2) is 12.1 Å². The van der Waals surface area contributed by atoms with Crippen LogP contribution in [-0.2, 0) is 6.54 Å². The lowest BCUT2D eigenvalue weighted by molar-refractivity contribution is 0.0857. The molecular weight excluding hydrogens is 332 g/mol. The zero-order chi connectivity index (χ0) is 17.3. The minimum atomic E-state index is -0.299. The van der Waals surface area contributed by atoms with Gasteiger partial charge in [0.05, 0.1) is 16.1 Å². The minimum absolute atomic E-state index is 0.0109. The van der Waals surface area contributed by atoms with Crippen molar-refractivity contribution >= 4 is 34.5 Å². The number of H-pyrrole nitrogens is 1. The van der Waals surface area contributed by atoms with Crippen molar-refractivity contribution in [3.63, 3.8) is 0 Å². The molecule has 0 saturated heterocycles. The number of aryl methyl sites for hydroxylation is 1. The number of nitrogens with zero attached hydrogens (tertiary/aromatic N) is 1. The zero-order valence-electron chi connectivity index (χ0n) is 14.0. The van der Waals surface area contributed by atoms with E-state index in [9.17, 15) is 9.59 Å². The lowest BCUT2D eigenvalue weighted by Crippen LogP contribution is -2.35. The first kappa shape index (κ1) is 17.9. The number of ketones is 2. The lowest BCUT2D eigenvalue weighted by Gasteiger charge is -2.22. The summed E-state index contributed by atoms with van der Waals surface area (Å²) in [6.45, 7) is 7.69. The Morgan fingerprint density at radius 3 is 2.48 bits per heavy atom. The van der Waals surface area contributed by atoms with Gasteiger partial charge < -0.3 is 4.98 Å². The molecule has 0 aliphatic heterocycles. The molecule has 0 bridgehead atoms. The van der Waals surface area contributed by atoms with Crippen LogP contribution in [0.3, 0.4) is 0 Å². The van der Waals surface area contributed by atoms with Crippen molar-refractivity contribution in [1.29, 1.82) is 0 Å². The molecule has 124 valence electrons. The Kier molecular flexibility index (Phi) is 5.45. The number of hydrogen-bond acceptors (Lipinski definition) is 4. The summed E-state index contributed by atoms with van der Waals surface area (Å²) in [6, 6.07) is 3.53. The third-order valence-electron chi connectivity index (χ3n) is 4.11. The number of aromatic nitrogens is 1. The Hall–Kier alpha value is -1.43. The molecule has 1 atom stereocenters. The SMILES string of the molecule is CC(=O)c1c(C)[nH]c(C(=O)[C@@H](C)N(C)Cc2ccc(Cl)s2)c1C. The van der Waals surface area contributed by atoms with E-state index in [4.69, 9.17) is 11.6 Å². The van der Waals surface area contributed by atoms with Crippen molar-refractivity contribution < 1.29 is 9.59 Å². The van der Waals surface area contributed by atoms with Gasteiger partial charge >= 0.3 is 0 Å². The Labute approximate surface area is 145 Å². The van der Waals surface area contributed by atoms with Crippen molar-refractivity contribution in [2.45, 2.75) is 40.3 Å². The summed E-state index contributed by atoms with van der Waals surface area (Å²) >= 11 is 7.46. The van der Waals surface area contributed by atoms with Crippen LogP contribution in [0.25, 0.3) is 0 Å². The molecule has 6 heteroatoms. The summed E-state index contributed by atoms with van der Waals surface area (Å²) in [5.41, 5.74) is 2.63. The zero-order valence-corrected chi connectivity index (χ0v) is 15.6. The van der Waals surface area contributed by atoms with Crippen molar-refractivity contribution in [3.05, 3.63) is 43.9 Å². The van der Waals surface area contributed by atoms with Crippen molar-refractivity contribution in [1.82, 2.24) is 9.88 Å². The highest BCUT2D eigenvalue weighted by Gasteiger charge is 2.26. The number of nitrogens with one attached hydrogen (secondary N) is 1. The van der Waals surface area contributed by atoms with Crippen molar-refractivity contribution in [2.75, 3.05) is 7.05 Å². The topological polar surface area (TPSA) is 53.2 Å². The van der Waals surface area contributed by atoms with Crippen LogP contribution in [-0.4, -0.2) is 34.5 Å². The molecule has 0 unspecified atom stereocenters. The average Bonchev–Trinajstić information content (AvgIpc) is 3.00. The first-order chi connectivity index (χ1) is 10.7. The molecule has 2 rings (SSSR count). The average molecular weight is 353 g/mol. The molecule has 2 heterocycles. The van der Waals surface area contributed by atoms with Gasteiger partial charge in [-0.2, -0.15) is 0 Å². The fourth-order valence-corrected chi connectivity index (χ4v) is 3.90. The van der Waals surface area contributed by atoms with Gasteiger partial charge in [-0.05, 0) is 52.4 Å². The van der Waals surface area contributed by atoms with E-state index in [-0.39, 0.29) is 17.6 Å². The van der Waals surface area contributed by atoms with Gasteiger partial charge in [-0.3, -0.25) is 14.5 Å². The molecule has 0 fully saturated rings. The maximum atomic E-state index is 12.8. The first-order valence-corrected chi connectivity index (χ1v) is 8.60. The van der Waals surface area contributed by atoms with Crippen LogP contribution < -0.4 is 0 Å². The number of Topliss-reactive ketones (excluding diaryl/α,β-unsaturated/α-hetero) is 2.